The highest BCUT2D eigenvalue weighted by Crippen LogP contribution is 2.18. The first-order valence-corrected chi connectivity index (χ1v) is 8.51. The van der Waals surface area contributed by atoms with E-state index in [1.807, 2.05) is 54.6 Å². The molecule has 0 amide bonds. The van der Waals surface area contributed by atoms with E-state index in [0.29, 0.717) is 10.6 Å². The van der Waals surface area contributed by atoms with E-state index in [1.165, 1.54) is 5.69 Å². The summed E-state index contributed by atoms with van der Waals surface area (Å²) in [6.07, 6.45) is 3.42. The van der Waals surface area contributed by atoms with E-state index < -0.39 is 0 Å². The molecule has 0 aromatic heterocycles. The van der Waals surface area contributed by atoms with Crippen LogP contribution in [0.15, 0.2) is 54.6 Å². The number of carbonyl (C=O) groups excluding carboxylic acids is 1. The number of halogens is 1. The Balaban J connectivity index is 1.64. The molecule has 0 saturated carbocycles. The largest absolute Gasteiger partial charge is 0.369 e. The van der Waals surface area contributed by atoms with Crippen LogP contribution in [-0.4, -0.2) is 43.9 Å². The Morgan fingerprint density at radius 3 is 2.21 bits per heavy atom. The maximum Gasteiger partial charge on any atom is 0.185 e. The zero-order chi connectivity index (χ0) is 16.9. The second kappa shape index (κ2) is 7.65. The van der Waals surface area contributed by atoms with Crippen LogP contribution < -0.4 is 4.90 Å². The van der Waals surface area contributed by atoms with E-state index in [4.69, 9.17) is 11.6 Å². The summed E-state index contributed by atoms with van der Waals surface area (Å²) >= 11 is 5.86. The fourth-order valence-electron chi connectivity index (χ4n) is 2.74. The second-order valence-corrected chi connectivity index (χ2v) is 6.52. The van der Waals surface area contributed by atoms with E-state index >= 15 is 0 Å². The average Bonchev–Trinajstić information content (AvgIpc) is 2.62. The van der Waals surface area contributed by atoms with Crippen molar-refractivity contribution >= 4 is 29.1 Å². The third-order valence-electron chi connectivity index (χ3n) is 4.32. The van der Waals surface area contributed by atoms with Crippen LogP contribution in [0.3, 0.4) is 0 Å². The maximum absolute atomic E-state index is 12.3. The highest BCUT2D eigenvalue weighted by molar-refractivity contribution is 6.30. The summed E-state index contributed by atoms with van der Waals surface area (Å²) in [6, 6.07) is 15.3. The van der Waals surface area contributed by atoms with Gasteiger partial charge in [-0.2, -0.15) is 0 Å². The lowest BCUT2D eigenvalue weighted by Gasteiger charge is -2.34. The van der Waals surface area contributed by atoms with Gasteiger partial charge in [0.15, 0.2) is 5.78 Å². The lowest BCUT2D eigenvalue weighted by atomic mass is 10.1. The van der Waals surface area contributed by atoms with Crippen molar-refractivity contribution in [2.24, 2.45) is 0 Å². The van der Waals surface area contributed by atoms with Gasteiger partial charge in [0.05, 0.1) is 0 Å². The Morgan fingerprint density at radius 2 is 1.58 bits per heavy atom. The van der Waals surface area contributed by atoms with E-state index in [0.717, 1.165) is 31.7 Å². The summed E-state index contributed by atoms with van der Waals surface area (Å²) < 4.78 is 0. The molecule has 1 saturated heterocycles. The number of nitrogens with zero attached hydrogens (tertiary/aromatic N) is 2. The van der Waals surface area contributed by atoms with E-state index in [9.17, 15) is 4.79 Å². The minimum absolute atomic E-state index is 0.00915. The number of anilines is 1. The van der Waals surface area contributed by atoms with Gasteiger partial charge < -0.3 is 9.80 Å². The molecule has 0 atom stereocenters. The first kappa shape index (κ1) is 16.7. The van der Waals surface area contributed by atoms with Gasteiger partial charge in [-0.3, -0.25) is 4.79 Å². The van der Waals surface area contributed by atoms with Crippen LogP contribution in [0.1, 0.15) is 15.9 Å². The normalized spacial score (nSPS) is 15.8. The van der Waals surface area contributed by atoms with Gasteiger partial charge in [0.25, 0.3) is 0 Å². The topological polar surface area (TPSA) is 23.6 Å². The molecule has 0 aliphatic carbocycles. The molecule has 3 nitrogen and oxygen atoms in total. The first-order valence-electron chi connectivity index (χ1n) is 8.13. The number of rotatable bonds is 4. The molecular formula is C20H21ClN2O. The molecule has 1 fully saturated rings. The molecule has 124 valence electrons. The third-order valence-corrected chi connectivity index (χ3v) is 4.57. The van der Waals surface area contributed by atoms with Crippen molar-refractivity contribution in [3.05, 3.63) is 70.8 Å². The summed E-state index contributed by atoms with van der Waals surface area (Å²) in [5.74, 6) is 0.00915. The van der Waals surface area contributed by atoms with Crippen LogP contribution >= 0.6 is 11.6 Å². The lowest BCUT2D eigenvalue weighted by Crippen LogP contribution is -2.44. The smallest absolute Gasteiger partial charge is 0.185 e. The molecule has 0 bridgehead atoms. The molecule has 4 heteroatoms. The van der Waals surface area contributed by atoms with Gasteiger partial charge in [-0.15, -0.1) is 0 Å². The van der Waals surface area contributed by atoms with Crippen LogP contribution in [-0.2, 0) is 0 Å². The number of benzene rings is 2. The number of allylic oxidation sites excluding steroid dienone is 1. The van der Waals surface area contributed by atoms with Crippen LogP contribution in [0, 0.1) is 0 Å². The van der Waals surface area contributed by atoms with Crippen LogP contribution in [0.25, 0.3) is 6.08 Å². The molecular weight excluding hydrogens is 320 g/mol. The van der Waals surface area contributed by atoms with Gasteiger partial charge in [0.1, 0.15) is 0 Å². The van der Waals surface area contributed by atoms with Crippen molar-refractivity contribution in [2.75, 3.05) is 38.1 Å². The number of ketones is 1. The van der Waals surface area contributed by atoms with Gasteiger partial charge in [0.2, 0.25) is 0 Å². The van der Waals surface area contributed by atoms with Crippen molar-refractivity contribution in [1.29, 1.82) is 0 Å². The zero-order valence-corrected chi connectivity index (χ0v) is 14.5. The number of hydrogen-bond donors (Lipinski definition) is 0. The molecule has 0 radical (unpaired) electrons. The maximum atomic E-state index is 12.3. The van der Waals surface area contributed by atoms with Gasteiger partial charge >= 0.3 is 0 Å². The lowest BCUT2D eigenvalue weighted by molar-refractivity contribution is 0.104. The average molecular weight is 341 g/mol. The van der Waals surface area contributed by atoms with Gasteiger partial charge in [-0.1, -0.05) is 29.8 Å². The minimum atomic E-state index is 0.00915. The Hall–Kier alpha value is -2.10. The van der Waals surface area contributed by atoms with E-state index in [-0.39, 0.29) is 5.78 Å². The van der Waals surface area contributed by atoms with Gasteiger partial charge in [0, 0.05) is 42.5 Å². The van der Waals surface area contributed by atoms with Gasteiger partial charge in [-0.25, -0.2) is 0 Å². The first-order chi connectivity index (χ1) is 11.6. The SMILES string of the molecule is CN1CCN(c2ccc(C(=O)/C=C/c3ccc(Cl)cc3)cc2)CC1. The summed E-state index contributed by atoms with van der Waals surface area (Å²) in [5, 5.41) is 0.693. The molecule has 1 aliphatic rings. The van der Waals surface area contributed by atoms with Crippen molar-refractivity contribution < 1.29 is 4.79 Å². The Bertz CT molecular complexity index is 714. The van der Waals surface area contributed by atoms with Crippen LogP contribution in [0.4, 0.5) is 5.69 Å². The molecule has 0 N–H and O–H groups in total. The summed E-state index contributed by atoms with van der Waals surface area (Å²) in [4.78, 5) is 17.0. The van der Waals surface area contributed by atoms with E-state index in [1.54, 1.807) is 6.08 Å². The minimum Gasteiger partial charge on any atom is -0.369 e. The quantitative estimate of drug-likeness (QED) is 0.621. The third kappa shape index (κ3) is 4.25. The fourth-order valence-corrected chi connectivity index (χ4v) is 2.87. The number of carbonyl (C=O) groups is 1. The Labute approximate surface area is 148 Å². The van der Waals surface area contributed by atoms with Crippen LogP contribution in [0.5, 0.6) is 0 Å². The second-order valence-electron chi connectivity index (χ2n) is 6.09. The molecule has 24 heavy (non-hydrogen) atoms. The van der Waals surface area contributed by atoms with Crippen molar-refractivity contribution in [1.82, 2.24) is 4.90 Å². The molecule has 3 rings (SSSR count). The molecule has 0 spiro atoms. The number of hydrogen-bond acceptors (Lipinski definition) is 3. The number of piperazine rings is 1. The van der Waals surface area contributed by atoms with Gasteiger partial charge in [-0.05, 0) is 55.1 Å². The van der Waals surface area contributed by atoms with Crippen molar-refractivity contribution in [3.63, 3.8) is 0 Å². The molecule has 1 aliphatic heterocycles. The monoisotopic (exact) mass is 340 g/mol. The molecule has 2 aromatic rings. The predicted molar refractivity (Wildman–Crippen MR) is 101 cm³/mol. The fraction of sp³-hybridized carbons (Fsp3) is 0.250. The summed E-state index contributed by atoms with van der Waals surface area (Å²) in [5.41, 5.74) is 2.85. The summed E-state index contributed by atoms with van der Waals surface area (Å²) in [6.45, 7) is 4.20. The zero-order valence-electron chi connectivity index (χ0n) is 13.8. The predicted octanol–water partition coefficient (Wildman–Crippen LogP) is 3.99. The van der Waals surface area contributed by atoms with E-state index in [2.05, 4.69) is 16.8 Å². The Kier molecular flexibility index (Phi) is 5.34. The van der Waals surface area contributed by atoms with Crippen molar-refractivity contribution in [2.45, 2.75) is 0 Å². The standard InChI is InChI=1S/C20H21ClN2O/c1-22-12-14-23(15-13-22)19-9-5-17(6-10-19)20(24)11-4-16-2-7-18(21)8-3-16/h2-11H,12-15H2,1H3/b11-4+. The van der Waals surface area contributed by atoms with Crippen LogP contribution in [0.2, 0.25) is 5.02 Å². The molecule has 2 aromatic carbocycles. The highest BCUT2D eigenvalue weighted by Gasteiger charge is 2.14. The number of likely N-dealkylation sites (N-methyl/N-ethyl adjacent to an activating group) is 1. The van der Waals surface area contributed by atoms with Crippen molar-refractivity contribution in [3.8, 4) is 0 Å². The molecule has 0 unspecified atom stereocenters. The molecule has 1 heterocycles. The Morgan fingerprint density at radius 1 is 0.958 bits per heavy atom. The highest BCUT2D eigenvalue weighted by atomic mass is 35.5. The summed E-state index contributed by atoms with van der Waals surface area (Å²) in [7, 11) is 2.14.